The number of carboxylic acid groups (broad SMARTS) is 1. The Morgan fingerprint density at radius 3 is 2.41 bits per heavy atom. The van der Waals surface area contributed by atoms with E-state index in [1.54, 1.807) is 12.1 Å². The molecule has 0 atom stereocenters. The number of nitrogens with zero attached hydrogens (tertiary/aromatic N) is 2. The second-order valence-electron chi connectivity index (χ2n) is 7.60. The van der Waals surface area contributed by atoms with Crippen LogP contribution in [0.4, 0.5) is 5.69 Å². The Kier molecular flexibility index (Phi) is 6.62. The van der Waals surface area contributed by atoms with Crippen molar-refractivity contribution in [2.45, 2.75) is 13.8 Å². The normalized spacial score (nSPS) is 11.4. The van der Waals surface area contributed by atoms with Gasteiger partial charge >= 0.3 is 11.6 Å². The van der Waals surface area contributed by atoms with Crippen LogP contribution in [0.3, 0.4) is 0 Å². The summed E-state index contributed by atoms with van der Waals surface area (Å²) in [7, 11) is 0. The zero-order valence-electron chi connectivity index (χ0n) is 18.7. The van der Waals surface area contributed by atoms with Gasteiger partial charge in [0.2, 0.25) is 0 Å². The Morgan fingerprint density at radius 2 is 1.76 bits per heavy atom. The van der Waals surface area contributed by atoms with Gasteiger partial charge in [-0.05, 0) is 61.4 Å². The Labute approximate surface area is 200 Å². The van der Waals surface area contributed by atoms with Gasteiger partial charge in [-0.15, -0.1) is 11.3 Å². The number of carboxylic acids is 1. The topological polar surface area (TPSA) is 94.5 Å². The Morgan fingerprint density at radius 1 is 1.06 bits per heavy atom. The van der Waals surface area contributed by atoms with E-state index in [4.69, 9.17) is 14.8 Å². The first-order chi connectivity index (χ1) is 16.4. The lowest BCUT2D eigenvalue weighted by molar-refractivity contribution is -0.132. The molecule has 0 aliphatic rings. The molecule has 0 saturated carbocycles. The summed E-state index contributed by atoms with van der Waals surface area (Å²) in [6.45, 7) is 5.92. The van der Waals surface area contributed by atoms with Crippen LogP contribution in [0.5, 0.6) is 0 Å². The van der Waals surface area contributed by atoms with Gasteiger partial charge in [0.1, 0.15) is 17.2 Å². The molecule has 0 saturated heterocycles. The molecule has 0 unspecified atom stereocenters. The van der Waals surface area contributed by atoms with Crippen molar-refractivity contribution in [1.29, 1.82) is 5.26 Å². The Balaban J connectivity index is 1.63. The van der Waals surface area contributed by atoms with Crippen LogP contribution < -0.4 is 10.5 Å². The first-order valence-electron chi connectivity index (χ1n) is 10.8. The number of nitriles is 1. The van der Waals surface area contributed by atoms with Gasteiger partial charge < -0.3 is 14.4 Å². The zero-order chi connectivity index (χ0) is 24.2. The van der Waals surface area contributed by atoms with Crippen molar-refractivity contribution >= 4 is 40.0 Å². The Hall–Kier alpha value is -4.15. The molecule has 4 aromatic rings. The maximum Gasteiger partial charge on any atom is 0.346 e. The maximum atomic E-state index is 12.7. The van der Waals surface area contributed by atoms with Gasteiger partial charge in [-0.3, -0.25) is 0 Å². The van der Waals surface area contributed by atoms with Gasteiger partial charge in [0.15, 0.2) is 0 Å². The second kappa shape index (κ2) is 9.77. The summed E-state index contributed by atoms with van der Waals surface area (Å²) >= 11 is 1.39. The van der Waals surface area contributed by atoms with E-state index in [0.29, 0.717) is 16.0 Å². The van der Waals surface area contributed by atoms with Gasteiger partial charge in [0, 0.05) is 40.0 Å². The third kappa shape index (κ3) is 4.63. The molecule has 0 spiro atoms. The summed E-state index contributed by atoms with van der Waals surface area (Å²) in [4.78, 5) is 27.6. The van der Waals surface area contributed by atoms with Gasteiger partial charge in [-0.1, -0.05) is 24.3 Å². The smallest absolute Gasteiger partial charge is 0.346 e. The first-order valence-corrected chi connectivity index (χ1v) is 11.6. The van der Waals surface area contributed by atoms with Crippen LogP contribution in [-0.4, -0.2) is 24.2 Å². The van der Waals surface area contributed by atoms with Crippen LogP contribution in [0, 0.1) is 11.3 Å². The predicted octanol–water partition coefficient (Wildman–Crippen LogP) is 6.03. The van der Waals surface area contributed by atoms with Crippen molar-refractivity contribution in [1.82, 2.24) is 0 Å². The van der Waals surface area contributed by atoms with Crippen LogP contribution in [-0.2, 0) is 4.79 Å². The van der Waals surface area contributed by atoms with E-state index < -0.39 is 11.6 Å². The van der Waals surface area contributed by atoms with Gasteiger partial charge in [-0.2, -0.15) is 5.26 Å². The SMILES string of the molecule is CCN(CC)c1ccc2cc(-c3ccc(-c4ccc(/C=C(/C#N)C(=O)O)s4)cc3)c(=O)oc2c1. The molecule has 6 nitrogen and oxygen atoms in total. The van der Waals surface area contributed by atoms with E-state index in [-0.39, 0.29) is 5.57 Å². The fraction of sp³-hybridized carbons (Fsp3) is 0.148. The number of aliphatic carboxylic acids is 1. The number of rotatable bonds is 7. The lowest BCUT2D eigenvalue weighted by Gasteiger charge is -2.21. The zero-order valence-corrected chi connectivity index (χ0v) is 19.6. The minimum absolute atomic E-state index is 0.309. The minimum Gasteiger partial charge on any atom is -0.477 e. The molecule has 2 heterocycles. The van der Waals surface area contributed by atoms with Gasteiger partial charge in [0.05, 0.1) is 5.56 Å². The summed E-state index contributed by atoms with van der Waals surface area (Å²) in [5.74, 6) is -1.25. The van der Waals surface area contributed by atoms with Crippen molar-refractivity contribution in [2.24, 2.45) is 0 Å². The van der Waals surface area contributed by atoms with Gasteiger partial charge in [-0.25, -0.2) is 9.59 Å². The summed E-state index contributed by atoms with van der Waals surface area (Å²) in [6, 6.07) is 20.6. The predicted molar refractivity (Wildman–Crippen MR) is 136 cm³/mol. The maximum absolute atomic E-state index is 12.7. The summed E-state index contributed by atoms with van der Waals surface area (Å²) < 4.78 is 5.65. The highest BCUT2D eigenvalue weighted by Gasteiger charge is 2.12. The summed E-state index contributed by atoms with van der Waals surface area (Å²) in [5.41, 5.74) is 3.05. The molecule has 170 valence electrons. The molecule has 0 amide bonds. The van der Waals surface area contributed by atoms with E-state index in [0.717, 1.165) is 40.2 Å². The molecule has 0 fully saturated rings. The average Bonchev–Trinajstić information content (AvgIpc) is 3.31. The monoisotopic (exact) mass is 470 g/mol. The molecule has 0 aliphatic carbocycles. The van der Waals surface area contributed by atoms with Crippen LogP contribution in [0.15, 0.2) is 75.4 Å². The van der Waals surface area contributed by atoms with Crippen LogP contribution in [0.2, 0.25) is 0 Å². The molecule has 7 heteroatoms. The van der Waals surface area contributed by atoms with Crippen LogP contribution in [0.25, 0.3) is 38.6 Å². The van der Waals surface area contributed by atoms with E-state index in [1.165, 1.54) is 17.4 Å². The fourth-order valence-electron chi connectivity index (χ4n) is 3.77. The lowest BCUT2D eigenvalue weighted by atomic mass is 10.0. The third-order valence-corrected chi connectivity index (χ3v) is 6.67. The highest BCUT2D eigenvalue weighted by atomic mass is 32.1. The quantitative estimate of drug-likeness (QED) is 0.201. The van der Waals surface area contributed by atoms with Crippen molar-refractivity contribution < 1.29 is 14.3 Å². The summed E-state index contributed by atoms with van der Waals surface area (Å²) in [5, 5.41) is 18.8. The number of hydrogen-bond donors (Lipinski definition) is 1. The molecule has 4 rings (SSSR count). The molecular formula is C27H22N2O4S. The van der Waals surface area contributed by atoms with Gasteiger partial charge in [0.25, 0.3) is 0 Å². The van der Waals surface area contributed by atoms with Crippen molar-refractivity contribution in [3.63, 3.8) is 0 Å². The molecule has 0 aliphatic heterocycles. The van der Waals surface area contributed by atoms with Crippen LogP contribution >= 0.6 is 11.3 Å². The van der Waals surface area contributed by atoms with E-state index in [1.807, 2.05) is 54.6 Å². The molecule has 1 N–H and O–H groups in total. The van der Waals surface area contributed by atoms with E-state index in [2.05, 4.69) is 18.7 Å². The number of anilines is 1. The highest BCUT2D eigenvalue weighted by molar-refractivity contribution is 7.16. The number of thiophene rings is 1. The van der Waals surface area contributed by atoms with E-state index >= 15 is 0 Å². The molecule has 2 aromatic heterocycles. The molecule has 0 bridgehead atoms. The number of hydrogen-bond acceptors (Lipinski definition) is 6. The lowest BCUT2D eigenvalue weighted by Crippen LogP contribution is -2.21. The highest BCUT2D eigenvalue weighted by Crippen LogP contribution is 2.31. The van der Waals surface area contributed by atoms with Crippen molar-refractivity contribution in [3.05, 3.63) is 81.5 Å². The standard InChI is InChI=1S/C27H22N2O4S/c1-3-29(4-2)21-10-9-19-14-23(27(32)33-24(19)15-21)17-5-7-18(8-6-17)25-12-11-22(34-25)13-20(16-28)26(30)31/h5-15H,3-4H2,1-2H3,(H,30,31)/b20-13-. The average molecular weight is 471 g/mol. The molecule has 0 radical (unpaired) electrons. The summed E-state index contributed by atoms with van der Waals surface area (Å²) in [6.07, 6.45) is 1.36. The minimum atomic E-state index is -1.25. The Bertz CT molecular complexity index is 1490. The number of fused-ring (bicyclic) bond motifs is 1. The van der Waals surface area contributed by atoms with E-state index in [9.17, 15) is 9.59 Å². The number of carbonyl (C=O) groups is 1. The third-order valence-electron chi connectivity index (χ3n) is 5.59. The van der Waals surface area contributed by atoms with Crippen LogP contribution in [0.1, 0.15) is 18.7 Å². The fourth-order valence-corrected chi connectivity index (χ4v) is 4.73. The first kappa shape index (κ1) is 23.0. The molecule has 34 heavy (non-hydrogen) atoms. The van der Waals surface area contributed by atoms with Crippen molar-refractivity contribution in [3.8, 4) is 27.6 Å². The van der Waals surface area contributed by atoms with Crippen molar-refractivity contribution in [2.75, 3.05) is 18.0 Å². The molecular weight excluding hydrogens is 448 g/mol. The molecule has 2 aromatic carbocycles. The second-order valence-corrected chi connectivity index (χ2v) is 8.71. The largest absolute Gasteiger partial charge is 0.477 e. The number of benzene rings is 2.